The maximum Gasteiger partial charge on any atom is 0.255 e. The van der Waals surface area contributed by atoms with E-state index in [4.69, 9.17) is 15.9 Å². The van der Waals surface area contributed by atoms with Gasteiger partial charge in [0.1, 0.15) is 0 Å². The van der Waals surface area contributed by atoms with Crippen LogP contribution in [0.15, 0.2) is 30.6 Å². The second kappa shape index (κ2) is 9.68. The van der Waals surface area contributed by atoms with Crippen molar-refractivity contribution in [2.45, 2.75) is 26.8 Å². The van der Waals surface area contributed by atoms with E-state index >= 15 is 0 Å². The second-order valence-electron chi connectivity index (χ2n) is 6.30. The summed E-state index contributed by atoms with van der Waals surface area (Å²) in [5, 5.41) is 14.5. The topological polar surface area (TPSA) is 113 Å². The van der Waals surface area contributed by atoms with E-state index in [1.165, 1.54) is 12.4 Å². The number of amides is 1. The molecule has 0 aliphatic rings. The van der Waals surface area contributed by atoms with E-state index in [-0.39, 0.29) is 11.9 Å². The molecule has 1 aromatic heterocycles. The van der Waals surface area contributed by atoms with Gasteiger partial charge in [-0.3, -0.25) is 9.78 Å². The van der Waals surface area contributed by atoms with Crippen molar-refractivity contribution < 1.29 is 9.53 Å². The minimum absolute atomic E-state index is 0.126. The number of hydrogen-bond acceptors (Lipinski definition) is 6. The van der Waals surface area contributed by atoms with E-state index in [0.717, 1.165) is 16.5 Å². The number of benzene rings is 1. The number of carbonyl (C=O) groups is 1. The largest absolute Gasteiger partial charge is 0.404 e. The molecule has 7 nitrogen and oxygen atoms in total. The number of aromatic nitrogens is 1. The SMILES string of the molecule is CCOCCNC(=O)c1cnc2ccc(/C(C=N)=C/N)cc2c1NC(C)C. The molecule has 1 heterocycles. The molecule has 0 radical (unpaired) electrons. The molecule has 0 unspecified atom stereocenters. The first-order valence-electron chi connectivity index (χ1n) is 8.99. The number of ether oxygens (including phenoxy) is 1. The maximum absolute atomic E-state index is 12.7. The Morgan fingerprint density at radius 1 is 1.41 bits per heavy atom. The first kappa shape index (κ1) is 20.4. The molecule has 0 aliphatic heterocycles. The molecule has 2 aromatic rings. The molecule has 0 saturated heterocycles. The molecule has 0 fully saturated rings. The number of rotatable bonds is 9. The first-order chi connectivity index (χ1) is 13.0. The number of pyridine rings is 1. The van der Waals surface area contributed by atoms with E-state index in [0.29, 0.717) is 36.6 Å². The highest BCUT2D eigenvalue weighted by Crippen LogP contribution is 2.29. The summed E-state index contributed by atoms with van der Waals surface area (Å²) in [6.07, 6.45) is 4.18. The fraction of sp³-hybridized carbons (Fsp3) is 0.350. The molecule has 1 amide bonds. The monoisotopic (exact) mass is 369 g/mol. The molecular weight excluding hydrogens is 342 g/mol. The number of anilines is 1. The standard InChI is InChI=1S/C20H27N5O2/c1-4-27-8-7-23-20(26)17-12-24-18-6-5-14(15(10-21)11-22)9-16(18)19(17)25-13(2)3/h5-6,9-13,21H,4,7-8,22H2,1-3H3,(H,23,26)(H,24,25)/b15-11+,21-10?. The molecule has 0 bridgehead atoms. The zero-order valence-corrected chi connectivity index (χ0v) is 16.0. The second-order valence-corrected chi connectivity index (χ2v) is 6.30. The van der Waals surface area contributed by atoms with Crippen molar-refractivity contribution >= 4 is 34.3 Å². The van der Waals surface area contributed by atoms with Gasteiger partial charge in [-0.1, -0.05) is 6.07 Å². The third-order valence-corrected chi connectivity index (χ3v) is 3.95. The van der Waals surface area contributed by atoms with Gasteiger partial charge >= 0.3 is 0 Å². The zero-order chi connectivity index (χ0) is 19.8. The zero-order valence-electron chi connectivity index (χ0n) is 16.0. The van der Waals surface area contributed by atoms with Gasteiger partial charge in [-0.25, -0.2) is 0 Å². The number of nitrogens with zero attached hydrogens (tertiary/aromatic N) is 1. The Kier molecular flexibility index (Phi) is 7.31. The van der Waals surface area contributed by atoms with Crippen molar-refractivity contribution in [3.05, 3.63) is 41.7 Å². The minimum atomic E-state index is -0.209. The Hall–Kier alpha value is -2.93. The molecular formula is C20H27N5O2. The summed E-state index contributed by atoms with van der Waals surface area (Å²) in [4.78, 5) is 17.1. The van der Waals surface area contributed by atoms with Crippen LogP contribution in [0.2, 0.25) is 0 Å². The Morgan fingerprint density at radius 2 is 2.19 bits per heavy atom. The summed E-state index contributed by atoms with van der Waals surface area (Å²) in [6.45, 7) is 7.44. The van der Waals surface area contributed by atoms with Crippen molar-refractivity contribution in [2.24, 2.45) is 5.73 Å². The van der Waals surface area contributed by atoms with Crippen molar-refractivity contribution in [3.8, 4) is 0 Å². The van der Waals surface area contributed by atoms with Crippen molar-refractivity contribution in [3.63, 3.8) is 0 Å². The van der Waals surface area contributed by atoms with E-state index in [9.17, 15) is 4.79 Å². The summed E-state index contributed by atoms with van der Waals surface area (Å²) in [7, 11) is 0. The average Bonchev–Trinajstić information content (AvgIpc) is 2.66. The Morgan fingerprint density at radius 3 is 2.81 bits per heavy atom. The Bertz CT molecular complexity index is 846. The van der Waals surface area contributed by atoms with Gasteiger partial charge in [0.2, 0.25) is 0 Å². The van der Waals surface area contributed by atoms with Gasteiger partial charge in [-0.05, 0) is 38.5 Å². The predicted octanol–water partition coefficient (Wildman–Crippen LogP) is 2.77. The van der Waals surface area contributed by atoms with Crippen molar-refractivity contribution in [1.82, 2.24) is 10.3 Å². The van der Waals surface area contributed by atoms with Gasteiger partial charge in [0.15, 0.2) is 0 Å². The first-order valence-corrected chi connectivity index (χ1v) is 8.99. The summed E-state index contributed by atoms with van der Waals surface area (Å²) >= 11 is 0. The van der Waals surface area contributed by atoms with Gasteiger partial charge in [0.05, 0.1) is 23.4 Å². The molecule has 1 aromatic carbocycles. The minimum Gasteiger partial charge on any atom is -0.404 e. The van der Waals surface area contributed by atoms with Crippen LogP contribution in [0, 0.1) is 5.41 Å². The van der Waals surface area contributed by atoms with Crippen LogP contribution in [0.1, 0.15) is 36.7 Å². The lowest BCUT2D eigenvalue weighted by atomic mass is 10.0. The van der Waals surface area contributed by atoms with E-state index in [1.54, 1.807) is 6.20 Å². The fourth-order valence-corrected chi connectivity index (χ4v) is 2.69. The van der Waals surface area contributed by atoms with Crippen LogP contribution in [0.3, 0.4) is 0 Å². The number of hydrogen-bond donors (Lipinski definition) is 4. The van der Waals surface area contributed by atoms with E-state index < -0.39 is 0 Å². The lowest BCUT2D eigenvalue weighted by Gasteiger charge is -2.17. The maximum atomic E-state index is 12.7. The van der Waals surface area contributed by atoms with Crippen LogP contribution in [0.5, 0.6) is 0 Å². The van der Waals surface area contributed by atoms with E-state index in [2.05, 4.69) is 15.6 Å². The van der Waals surface area contributed by atoms with Crippen molar-refractivity contribution in [1.29, 1.82) is 5.41 Å². The summed E-state index contributed by atoms with van der Waals surface area (Å²) in [5.41, 5.74) is 8.95. The highest BCUT2D eigenvalue weighted by Gasteiger charge is 2.17. The summed E-state index contributed by atoms with van der Waals surface area (Å²) in [6, 6.07) is 5.75. The molecule has 0 spiro atoms. The highest BCUT2D eigenvalue weighted by atomic mass is 16.5. The number of nitrogens with two attached hydrogens (primary N) is 1. The third-order valence-electron chi connectivity index (χ3n) is 3.95. The Labute approximate surface area is 159 Å². The highest BCUT2D eigenvalue weighted by molar-refractivity contribution is 6.11. The van der Waals surface area contributed by atoms with Crippen LogP contribution >= 0.6 is 0 Å². The molecule has 2 rings (SSSR count). The number of nitrogens with one attached hydrogen (secondary N) is 3. The summed E-state index contributed by atoms with van der Waals surface area (Å²) < 4.78 is 5.27. The van der Waals surface area contributed by atoms with Crippen LogP contribution in [-0.2, 0) is 4.74 Å². The molecule has 0 saturated carbocycles. The summed E-state index contributed by atoms with van der Waals surface area (Å²) in [5.74, 6) is -0.209. The quantitative estimate of drug-likeness (QED) is 0.401. The third kappa shape index (κ3) is 5.04. The van der Waals surface area contributed by atoms with Gasteiger partial charge < -0.3 is 26.5 Å². The molecule has 144 valence electrons. The number of carbonyl (C=O) groups excluding carboxylic acids is 1. The molecule has 0 aliphatic carbocycles. The smallest absolute Gasteiger partial charge is 0.255 e. The van der Waals surface area contributed by atoms with Gasteiger partial charge in [0.25, 0.3) is 5.91 Å². The number of allylic oxidation sites excluding steroid dienone is 1. The molecule has 0 atom stereocenters. The molecule has 7 heteroatoms. The normalized spacial score (nSPS) is 11.6. The average molecular weight is 369 g/mol. The van der Waals surface area contributed by atoms with Gasteiger partial charge in [-0.15, -0.1) is 0 Å². The van der Waals surface area contributed by atoms with E-state index in [1.807, 2.05) is 39.0 Å². The van der Waals surface area contributed by atoms with Crippen LogP contribution in [-0.4, -0.2) is 42.9 Å². The van der Waals surface area contributed by atoms with Crippen LogP contribution < -0.4 is 16.4 Å². The molecule has 5 N–H and O–H groups in total. The van der Waals surface area contributed by atoms with Crippen molar-refractivity contribution in [2.75, 3.05) is 25.1 Å². The Balaban J connectivity index is 2.49. The van der Waals surface area contributed by atoms with Crippen LogP contribution in [0.4, 0.5) is 5.69 Å². The van der Waals surface area contributed by atoms with Crippen LogP contribution in [0.25, 0.3) is 16.5 Å². The predicted molar refractivity (Wildman–Crippen MR) is 110 cm³/mol. The van der Waals surface area contributed by atoms with Gasteiger partial charge in [0, 0.05) is 48.8 Å². The number of fused-ring (bicyclic) bond motifs is 1. The lowest BCUT2D eigenvalue weighted by molar-refractivity contribution is 0.0923. The lowest BCUT2D eigenvalue weighted by Crippen LogP contribution is -2.28. The fourth-order valence-electron chi connectivity index (χ4n) is 2.69. The van der Waals surface area contributed by atoms with Gasteiger partial charge in [-0.2, -0.15) is 0 Å². The molecule has 27 heavy (non-hydrogen) atoms.